The highest BCUT2D eigenvalue weighted by Crippen LogP contribution is 2.31. The van der Waals surface area contributed by atoms with Gasteiger partial charge in [0.25, 0.3) is 0 Å². The molecule has 1 aliphatic rings. The van der Waals surface area contributed by atoms with Crippen molar-refractivity contribution in [3.8, 4) is 0 Å². The van der Waals surface area contributed by atoms with Crippen molar-refractivity contribution >= 4 is 21.6 Å². The van der Waals surface area contributed by atoms with Crippen molar-refractivity contribution in [2.75, 3.05) is 32.1 Å². The Morgan fingerprint density at radius 3 is 2.74 bits per heavy atom. The van der Waals surface area contributed by atoms with Crippen LogP contribution in [-0.4, -0.2) is 44.2 Å². The van der Waals surface area contributed by atoms with E-state index in [0.29, 0.717) is 6.04 Å². The monoisotopic (exact) mass is 325 g/mol. The second-order valence-electron chi connectivity index (χ2n) is 5.82. The van der Waals surface area contributed by atoms with Gasteiger partial charge in [0, 0.05) is 29.6 Å². The zero-order valence-corrected chi connectivity index (χ0v) is 13.7. The molecule has 0 saturated carbocycles. The topological polar surface area (TPSA) is 32.5 Å². The molecular weight excluding hydrogens is 302 g/mol. The summed E-state index contributed by atoms with van der Waals surface area (Å²) in [5.74, 6) is 0. The molecule has 2 unspecified atom stereocenters. The number of benzene rings is 1. The van der Waals surface area contributed by atoms with Gasteiger partial charge in [-0.3, -0.25) is 0 Å². The Kier molecular flexibility index (Phi) is 4.87. The van der Waals surface area contributed by atoms with E-state index in [0.717, 1.165) is 19.5 Å². The predicted octanol–water partition coefficient (Wildman–Crippen LogP) is 2.48. The Hall–Kier alpha value is -0.580. The third-order valence-electron chi connectivity index (χ3n) is 3.80. The molecule has 1 saturated heterocycles. The fraction of sp³-hybridized carbons (Fsp3) is 0.600. The highest BCUT2D eigenvalue weighted by atomic mass is 79.9. The SMILES string of the molecule is CC(N)Cc1ccc(N2CCC(N(C)C)C2)c(Br)c1. The molecule has 1 aliphatic heterocycles. The summed E-state index contributed by atoms with van der Waals surface area (Å²) in [6.45, 7) is 4.29. The molecule has 4 heteroatoms. The summed E-state index contributed by atoms with van der Waals surface area (Å²) >= 11 is 3.71. The third kappa shape index (κ3) is 3.71. The first-order valence-corrected chi connectivity index (χ1v) is 7.72. The van der Waals surface area contributed by atoms with Gasteiger partial charge in [-0.1, -0.05) is 6.07 Å². The van der Waals surface area contributed by atoms with Crippen LogP contribution in [0.4, 0.5) is 5.69 Å². The lowest BCUT2D eigenvalue weighted by Crippen LogP contribution is -2.31. The van der Waals surface area contributed by atoms with E-state index in [1.54, 1.807) is 0 Å². The predicted molar refractivity (Wildman–Crippen MR) is 85.8 cm³/mol. The summed E-state index contributed by atoms with van der Waals surface area (Å²) in [5, 5.41) is 0. The molecule has 0 aliphatic carbocycles. The van der Waals surface area contributed by atoms with Crippen molar-refractivity contribution in [1.29, 1.82) is 0 Å². The lowest BCUT2D eigenvalue weighted by molar-refractivity contribution is 0.315. The van der Waals surface area contributed by atoms with Gasteiger partial charge in [0.15, 0.2) is 0 Å². The minimum absolute atomic E-state index is 0.211. The Bertz CT molecular complexity index is 431. The molecule has 0 radical (unpaired) electrons. The molecule has 0 spiro atoms. The van der Waals surface area contributed by atoms with Crippen LogP contribution in [0.3, 0.4) is 0 Å². The Balaban J connectivity index is 2.09. The average Bonchev–Trinajstić information content (AvgIpc) is 2.77. The van der Waals surface area contributed by atoms with Crippen LogP contribution in [0.5, 0.6) is 0 Å². The van der Waals surface area contributed by atoms with Crippen LogP contribution in [0.25, 0.3) is 0 Å². The van der Waals surface area contributed by atoms with Gasteiger partial charge >= 0.3 is 0 Å². The number of likely N-dealkylation sites (N-methyl/N-ethyl adjacent to an activating group) is 1. The molecule has 1 heterocycles. The minimum atomic E-state index is 0.211. The molecule has 19 heavy (non-hydrogen) atoms. The van der Waals surface area contributed by atoms with Crippen LogP contribution >= 0.6 is 15.9 Å². The molecule has 0 bridgehead atoms. The van der Waals surface area contributed by atoms with E-state index in [9.17, 15) is 0 Å². The van der Waals surface area contributed by atoms with E-state index < -0.39 is 0 Å². The van der Waals surface area contributed by atoms with Crippen molar-refractivity contribution < 1.29 is 0 Å². The first kappa shape index (κ1) is 14.8. The van der Waals surface area contributed by atoms with Crippen LogP contribution in [0, 0.1) is 0 Å². The summed E-state index contributed by atoms with van der Waals surface area (Å²) in [5.41, 5.74) is 8.46. The van der Waals surface area contributed by atoms with Crippen molar-refractivity contribution in [2.45, 2.75) is 31.8 Å². The maximum atomic E-state index is 5.85. The van der Waals surface area contributed by atoms with E-state index in [-0.39, 0.29) is 6.04 Å². The van der Waals surface area contributed by atoms with Gasteiger partial charge in [0.05, 0.1) is 5.69 Å². The normalized spacial score (nSPS) is 21.2. The third-order valence-corrected chi connectivity index (χ3v) is 4.44. The van der Waals surface area contributed by atoms with Crippen LogP contribution < -0.4 is 10.6 Å². The summed E-state index contributed by atoms with van der Waals surface area (Å²) in [6, 6.07) is 7.51. The van der Waals surface area contributed by atoms with E-state index in [1.165, 1.54) is 22.1 Å². The Labute approximate surface area is 124 Å². The molecule has 0 amide bonds. The van der Waals surface area contributed by atoms with Gasteiger partial charge in [0.1, 0.15) is 0 Å². The van der Waals surface area contributed by atoms with Gasteiger partial charge in [-0.2, -0.15) is 0 Å². The lowest BCUT2D eigenvalue weighted by Gasteiger charge is -2.23. The van der Waals surface area contributed by atoms with Gasteiger partial charge in [-0.25, -0.2) is 0 Å². The van der Waals surface area contributed by atoms with Crippen molar-refractivity contribution in [3.63, 3.8) is 0 Å². The van der Waals surface area contributed by atoms with Gasteiger partial charge in [-0.15, -0.1) is 0 Å². The standard InChI is InChI=1S/C15H24BrN3/c1-11(17)8-12-4-5-15(14(16)9-12)19-7-6-13(10-19)18(2)3/h4-5,9,11,13H,6-8,10,17H2,1-3H3. The number of nitrogens with two attached hydrogens (primary N) is 1. The van der Waals surface area contributed by atoms with E-state index in [2.05, 4.69) is 58.0 Å². The average molecular weight is 326 g/mol. The minimum Gasteiger partial charge on any atom is -0.369 e. The smallest absolute Gasteiger partial charge is 0.0511 e. The molecule has 0 aromatic heterocycles. The molecular formula is C15H24BrN3. The highest BCUT2D eigenvalue weighted by Gasteiger charge is 2.25. The molecule has 3 nitrogen and oxygen atoms in total. The van der Waals surface area contributed by atoms with Crippen molar-refractivity contribution in [2.24, 2.45) is 5.73 Å². The molecule has 2 atom stereocenters. The second kappa shape index (κ2) is 6.25. The number of anilines is 1. The van der Waals surface area contributed by atoms with Crippen LogP contribution in [0.2, 0.25) is 0 Å². The van der Waals surface area contributed by atoms with Crippen LogP contribution in [0.1, 0.15) is 18.9 Å². The molecule has 2 N–H and O–H groups in total. The first-order valence-electron chi connectivity index (χ1n) is 6.92. The number of halogens is 1. The molecule has 2 rings (SSSR count). The highest BCUT2D eigenvalue weighted by molar-refractivity contribution is 9.10. The summed E-state index contributed by atoms with van der Waals surface area (Å²) < 4.78 is 1.19. The zero-order chi connectivity index (χ0) is 14.0. The maximum absolute atomic E-state index is 5.85. The van der Waals surface area contributed by atoms with Gasteiger partial charge in [-0.05, 0) is 67.5 Å². The fourth-order valence-electron chi connectivity index (χ4n) is 2.69. The van der Waals surface area contributed by atoms with Gasteiger partial charge in [0.2, 0.25) is 0 Å². The zero-order valence-electron chi connectivity index (χ0n) is 12.1. The second-order valence-corrected chi connectivity index (χ2v) is 6.67. The Morgan fingerprint density at radius 1 is 1.47 bits per heavy atom. The molecule has 1 fully saturated rings. The fourth-order valence-corrected chi connectivity index (χ4v) is 3.36. The van der Waals surface area contributed by atoms with E-state index in [4.69, 9.17) is 5.73 Å². The van der Waals surface area contributed by atoms with Crippen LogP contribution in [-0.2, 0) is 6.42 Å². The van der Waals surface area contributed by atoms with Crippen molar-refractivity contribution in [3.05, 3.63) is 28.2 Å². The number of hydrogen-bond acceptors (Lipinski definition) is 3. The summed E-state index contributed by atoms with van der Waals surface area (Å²) in [4.78, 5) is 4.78. The maximum Gasteiger partial charge on any atom is 0.0511 e. The molecule has 1 aromatic carbocycles. The molecule has 1 aromatic rings. The van der Waals surface area contributed by atoms with E-state index in [1.807, 2.05) is 6.92 Å². The first-order chi connectivity index (χ1) is 8.97. The Morgan fingerprint density at radius 2 is 2.21 bits per heavy atom. The summed E-state index contributed by atoms with van der Waals surface area (Å²) in [7, 11) is 4.32. The van der Waals surface area contributed by atoms with Crippen LogP contribution in [0.15, 0.2) is 22.7 Å². The van der Waals surface area contributed by atoms with E-state index >= 15 is 0 Å². The quantitative estimate of drug-likeness (QED) is 0.923. The van der Waals surface area contributed by atoms with Gasteiger partial charge < -0.3 is 15.5 Å². The van der Waals surface area contributed by atoms with Crippen molar-refractivity contribution in [1.82, 2.24) is 4.90 Å². The number of nitrogens with zero attached hydrogens (tertiary/aromatic N) is 2. The molecule has 106 valence electrons. The number of rotatable bonds is 4. The largest absolute Gasteiger partial charge is 0.369 e. The lowest BCUT2D eigenvalue weighted by atomic mass is 10.1. The number of hydrogen-bond donors (Lipinski definition) is 1. The summed E-state index contributed by atoms with van der Waals surface area (Å²) in [6.07, 6.45) is 2.17.